The van der Waals surface area contributed by atoms with Gasteiger partial charge in [-0.15, -0.1) is 11.6 Å². The molecular formula is C10H12ClNOS. The van der Waals surface area contributed by atoms with E-state index in [0.29, 0.717) is 5.75 Å². The van der Waals surface area contributed by atoms with Gasteiger partial charge < -0.3 is 4.42 Å². The second-order valence-corrected chi connectivity index (χ2v) is 4.39. The van der Waals surface area contributed by atoms with E-state index in [1.54, 1.807) is 11.8 Å². The number of aryl methyl sites for hydroxylation is 1. The molecule has 76 valence electrons. The van der Waals surface area contributed by atoms with Crippen LogP contribution in [0.15, 0.2) is 16.5 Å². The molecule has 1 aromatic heterocycles. The maximum absolute atomic E-state index is 8.46. The average Bonchev–Trinajstić information content (AvgIpc) is 2.65. The quantitative estimate of drug-likeness (QED) is 0.728. The predicted molar refractivity (Wildman–Crippen MR) is 59.5 cm³/mol. The molecule has 14 heavy (non-hydrogen) atoms. The molecule has 0 aliphatic heterocycles. The molecule has 2 nitrogen and oxygen atoms in total. The van der Waals surface area contributed by atoms with Crippen molar-refractivity contribution in [1.82, 2.24) is 0 Å². The Balaban J connectivity index is 2.28. The standard InChI is InChI=1S/C10H12ClNOS/c1-2-9-3-4-10(13-9)7-14-6-8(11)5-12/h3-4,8H,2,6-7H2,1H3. The first kappa shape index (κ1) is 11.5. The summed E-state index contributed by atoms with van der Waals surface area (Å²) in [5.74, 6) is 3.38. The zero-order valence-electron chi connectivity index (χ0n) is 8.00. The Morgan fingerprint density at radius 1 is 1.57 bits per heavy atom. The summed E-state index contributed by atoms with van der Waals surface area (Å²) < 4.78 is 5.50. The molecule has 1 aromatic rings. The molecule has 0 aliphatic rings. The molecule has 0 aromatic carbocycles. The van der Waals surface area contributed by atoms with Crippen LogP contribution in [-0.4, -0.2) is 11.1 Å². The number of hydrogen-bond donors (Lipinski definition) is 0. The third-order valence-electron chi connectivity index (χ3n) is 1.71. The van der Waals surface area contributed by atoms with Crippen molar-refractivity contribution in [3.05, 3.63) is 23.7 Å². The normalized spacial score (nSPS) is 12.4. The van der Waals surface area contributed by atoms with Crippen LogP contribution in [0.2, 0.25) is 0 Å². The number of thioether (sulfide) groups is 1. The molecule has 0 spiro atoms. The van der Waals surface area contributed by atoms with Gasteiger partial charge in [-0.25, -0.2) is 0 Å². The highest BCUT2D eigenvalue weighted by Gasteiger charge is 2.04. The largest absolute Gasteiger partial charge is 0.465 e. The number of rotatable bonds is 5. The summed E-state index contributed by atoms with van der Waals surface area (Å²) >= 11 is 7.27. The number of furan rings is 1. The van der Waals surface area contributed by atoms with Crippen LogP contribution >= 0.6 is 23.4 Å². The highest BCUT2D eigenvalue weighted by Crippen LogP contribution is 2.17. The van der Waals surface area contributed by atoms with Gasteiger partial charge in [0.15, 0.2) is 0 Å². The SMILES string of the molecule is CCc1ccc(CSCC(Cl)C#N)o1. The van der Waals surface area contributed by atoms with E-state index in [0.717, 1.165) is 23.7 Å². The Kier molecular flexibility index (Phi) is 4.92. The predicted octanol–water partition coefficient (Wildman–Crippen LogP) is 3.21. The van der Waals surface area contributed by atoms with Crippen molar-refractivity contribution in [3.63, 3.8) is 0 Å². The van der Waals surface area contributed by atoms with Gasteiger partial charge in [0.25, 0.3) is 0 Å². The van der Waals surface area contributed by atoms with Crippen molar-refractivity contribution >= 4 is 23.4 Å². The molecule has 0 bridgehead atoms. The van der Waals surface area contributed by atoms with Gasteiger partial charge in [-0.05, 0) is 12.1 Å². The molecule has 4 heteroatoms. The molecule has 0 amide bonds. The molecule has 1 atom stereocenters. The lowest BCUT2D eigenvalue weighted by Gasteiger charge is -1.98. The fourth-order valence-electron chi connectivity index (χ4n) is 0.990. The lowest BCUT2D eigenvalue weighted by Crippen LogP contribution is -1.97. The number of nitrogens with zero attached hydrogens (tertiary/aromatic N) is 1. The van der Waals surface area contributed by atoms with Gasteiger partial charge in [-0.3, -0.25) is 0 Å². The van der Waals surface area contributed by atoms with Gasteiger partial charge in [-0.2, -0.15) is 17.0 Å². The minimum atomic E-state index is -0.402. The van der Waals surface area contributed by atoms with Crippen LogP contribution in [0.1, 0.15) is 18.4 Å². The van der Waals surface area contributed by atoms with Crippen LogP contribution in [0.3, 0.4) is 0 Å². The fourth-order valence-corrected chi connectivity index (χ4v) is 2.01. The summed E-state index contributed by atoms with van der Waals surface area (Å²) in [4.78, 5) is 0. The van der Waals surface area contributed by atoms with Crippen LogP contribution in [0.25, 0.3) is 0 Å². The van der Waals surface area contributed by atoms with E-state index in [1.165, 1.54) is 0 Å². The Bertz CT molecular complexity index is 318. The average molecular weight is 230 g/mol. The maximum Gasteiger partial charge on any atom is 0.129 e. The second-order valence-electron chi connectivity index (χ2n) is 2.83. The third kappa shape index (κ3) is 3.65. The molecule has 0 radical (unpaired) electrons. The maximum atomic E-state index is 8.46. The monoisotopic (exact) mass is 229 g/mol. The van der Waals surface area contributed by atoms with Crippen LogP contribution in [0.5, 0.6) is 0 Å². The minimum absolute atomic E-state index is 0.402. The van der Waals surface area contributed by atoms with E-state index in [9.17, 15) is 0 Å². The molecule has 1 heterocycles. The Hall–Kier alpha value is -0.590. The van der Waals surface area contributed by atoms with Crippen molar-refractivity contribution in [2.45, 2.75) is 24.5 Å². The van der Waals surface area contributed by atoms with E-state index in [-0.39, 0.29) is 0 Å². The number of alkyl halides is 1. The smallest absolute Gasteiger partial charge is 0.129 e. The van der Waals surface area contributed by atoms with Crippen LogP contribution in [0, 0.1) is 11.3 Å². The lowest BCUT2D eigenvalue weighted by molar-refractivity contribution is 0.485. The first-order valence-corrected chi connectivity index (χ1v) is 6.04. The van der Waals surface area contributed by atoms with Gasteiger partial charge >= 0.3 is 0 Å². The van der Waals surface area contributed by atoms with Crippen molar-refractivity contribution in [1.29, 1.82) is 5.26 Å². The molecule has 0 fully saturated rings. The van der Waals surface area contributed by atoms with Crippen molar-refractivity contribution < 1.29 is 4.42 Å². The van der Waals surface area contributed by atoms with Gasteiger partial charge in [-0.1, -0.05) is 6.92 Å². The molecule has 0 saturated heterocycles. The Labute approximate surface area is 93.2 Å². The molecule has 1 rings (SSSR count). The Morgan fingerprint density at radius 3 is 2.86 bits per heavy atom. The number of halogens is 1. The number of hydrogen-bond acceptors (Lipinski definition) is 3. The summed E-state index contributed by atoms with van der Waals surface area (Å²) in [6, 6.07) is 5.94. The third-order valence-corrected chi connectivity index (χ3v) is 3.21. The van der Waals surface area contributed by atoms with E-state index >= 15 is 0 Å². The minimum Gasteiger partial charge on any atom is -0.465 e. The van der Waals surface area contributed by atoms with E-state index in [4.69, 9.17) is 21.3 Å². The Morgan fingerprint density at radius 2 is 2.29 bits per heavy atom. The first-order chi connectivity index (χ1) is 6.76. The van der Waals surface area contributed by atoms with E-state index in [1.807, 2.05) is 18.2 Å². The van der Waals surface area contributed by atoms with E-state index < -0.39 is 5.38 Å². The summed E-state index contributed by atoms with van der Waals surface area (Å²) in [5.41, 5.74) is 0. The lowest BCUT2D eigenvalue weighted by atomic mass is 10.4. The van der Waals surface area contributed by atoms with Crippen LogP contribution in [0.4, 0.5) is 0 Å². The zero-order chi connectivity index (χ0) is 10.4. The molecule has 0 N–H and O–H groups in total. The summed E-state index contributed by atoms with van der Waals surface area (Å²) in [6.07, 6.45) is 0.918. The summed E-state index contributed by atoms with van der Waals surface area (Å²) in [6.45, 7) is 2.06. The van der Waals surface area contributed by atoms with Crippen molar-refractivity contribution in [2.75, 3.05) is 5.75 Å². The second kappa shape index (κ2) is 6.00. The van der Waals surface area contributed by atoms with Gasteiger partial charge in [0.05, 0.1) is 11.8 Å². The summed E-state index contributed by atoms with van der Waals surface area (Å²) in [7, 11) is 0. The number of nitriles is 1. The van der Waals surface area contributed by atoms with E-state index in [2.05, 4.69) is 6.92 Å². The van der Waals surface area contributed by atoms with Gasteiger partial charge in [0, 0.05) is 12.2 Å². The van der Waals surface area contributed by atoms with Crippen LogP contribution < -0.4 is 0 Å². The van der Waals surface area contributed by atoms with Gasteiger partial charge in [0.2, 0.25) is 0 Å². The zero-order valence-corrected chi connectivity index (χ0v) is 9.57. The molecule has 1 unspecified atom stereocenters. The highest BCUT2D eigenvalue weighted by molar-refractivity contribution is 7.98. The van der Waals surface area contributed by atoms with Crippen molar-refractivity contribution in [2.24, 2.45) is 0 Å². The highest BCUT2D eigenvalue weighted by atomic mass is 35.5. The first-order valence-electron chi connectivity index (χ1n) is 4.45. The van der Waals surface area contributed by atoms with Gasteiger partial charge in [0.1, 0.15) is 16.9 Å². The molecule has 0 aliphatic carbocycles. The molecule has 0 saturated carbocycles. The van der Waals surface area contributed by atoms with Crippen LogP contribution in [-0.2, 0) is 12.2 Å². The van der Waals surface area contributed by atoms with Crippen molar-refractivity contribution in [3.8, 4) is 6.07 Å². The molecular weight excluding hydrogens is 218 g/mol. The topological polar surface area (TPSA) is 36.9 Å². The fraction of sp³-hybridized carbons (Fsp3) is 0.500. The summed E-state index contributed by atoms with van der Waals surface area (Å²) in [5, 5.41) is 8.05.